The first kappa shape index (κ1) is 23.8. The van der Waals surface area contributed by atoms with Crippen molar-refractivity contribution < 1.29 is 15.0 Å². The number of phenols is 2. The largest absolute Gasteiger partial charge is 0.504 e. The molecule has 2 heterocycles. The summed E-state index contributed by atoms with van der Waals surface area (Å²) in [6, 6.07) is 21.6. The molecule has 0 radical (unpaired) electrons. The molecule has 5 aromatic rings. The van der Waals surface area contributed by atoms with Crippen LogP contribution in [0.5, 0.6) is 11.5 Å². The highest BCUT2D eigenvalue weighted by Gasteiger charge is 2.25. The molecular weight excluding hydrogens is 468 g/mol. The van der Waals surface area contributed by atoms with Crippen LogP contribution >= 0.6 is 0 Å². The van der Waals surface area contributed by atoms with Crippen molar-refractivity contribution in [3.8, 4) is 11.5 Å². The molecular formula is C28H26N6O3. The molecule has 0 spiro atoms. The van der Waals surface area contributed by atoms with Crippen LogP contribution in [0.25, 0.3) is 22.2 Å². The van der Waals surface area contributed by atoms with E-state index in [1.54, 1.807) is 6.07 Å². The molecule has 9 nitrogen and oxygen atoms in total. The maximum atomic E-state index is 13.4. The van der Waals surface area contributed by atoms with Gasteiger partial charge in [0.1, 0.15) is 16.9 Å². The molecule has 0 unspecified atom stereocenters. The Bertz CT molecular complexity index is 1630. The first-order chi connectivity index (χ1) is 17.9. The summed E-state index contributed by atoms with van der Waals surface area (Å²) in [6.45, 7) is 1.95. The first-order valence-electron chi connectivity index (χ1n) is 11.9. The van der Waals surface area contributed by atoms with E-state index >= 15 is 0 Å². The number of rotatable bonds is 7. The number of benzene rings is 3. The second kappa shape index (κ2) is 9.98. The van der Waals surface area contributed by atoms with Gasteiger partial charge in [-0.2, -0.15) is 9.78 Å². The third-order valence-electron chi connectivity index (χ3n) is 6.11. The van der Waals surface area contributed by atoms with Gasteiger partial charge in [0.25, 0.3) is 5.91 Å². The van der Waals surface area contributed by atoms with E-state index in [4.69, 9.17) is 10.7 Å². The number of nitrogens with two attached hydrogens (primary N) is 1. The molecule has 5 N–H and O–H groups in total. The molecule has 37 heavy (non-hydrogen) atoms. The lowest BCUT2D eigenvalue weighted by molar-refractivity contribution is 0.0940. The zero-order chi connectivity index (χ0) is 25.9. The summed E-state index contributed by atoms with van der Waals surface area (Å²) < 4.78 is 1.36. The highest BCUT2D eigenvalue weighted by molar-refractivity contribution is 6.10. The van der Waals surface area contributed by atoms with E-state index < -0.39 is 0 Å². The van der Waals surface area contributed by atoms with Crippen LogP contribution in [0, 0.1) is 0 Å². The minimum atomic E-state index is -0.358. The number of amides is 1. The summed E-state index contributed by atoms with van der Waals surface area (Å²) in [7, 11) is 0. The second-order valence-corrected chi connectivity index (χ2v) is 8.85. The Labute approximate surface area is 212 Å². The molecule has 3 aromatic carbocycles. The lowest BCUT2D eigenvalue weighted by atomic mass is 10.1. The molecule has 186 valence electrons. The van der Waals surface area contributed by atoms with Crippen LogP contribution < -0.4 is 11.1 Å². The van der Waals surface area contributed by atoms with Crippen LogP contribution in [0.1, 0.15) is 34.8 Å². The van der Waals surface area contributed by atoms with Gasteiger partial charge in [-0.1, -0.05) is 42.5 Å². The predicted octanol–water partition coefficient (Wildman–Crippen LogP) is 4.21. The van der Waals surface area contributed by atoms with Crippen molar-refractivity contribution in [2.75, 3.05) is 5.73 Å². The van der Waals surface area contributed by atoms with Gasteiger partial charge in [0.05, 0.1) is 17.2 Å². The monoisotopic (exact) mass is 494 g/mol. The average molecular weight is 495 g/mol. The number of carbonyl (C=O) groups is 1. The van der Waals surface area contributed by atoms with Gasteiger partial charge in [-0.25, -0.2) is 9.97 Å². The Morgan fingerprint density at radius 3 is 2.46 bits per heavy atom. The molecule has 9 heteroatoms. The molecule has 2 aromatic heterocycles. The zero-order valence-corrected chi connectivity index (χ0v) is 20.2. The number of para-hydroxylation sites is 2. The number of aryl methyl sites for hydroxylation is 1. The van der Waals surface area contributed by atoms with Crippen LogP contribution in [0.15, 0.2) is 77.9 Å². The van der Waals surface area contributed by atoms with Gasteiger partial charge in [-0.15, -0.1) is 0 Å². The lowest BCUT2D eigenvalue weighted by Crippen LogP contribution is -2.33. The highest BCUT2D eigenvalue weighted by atomic mass is 16.3. The molecule has 0 aliphatic heterocycles. The maximum absolute atomic E-state index is 13.4. The van der Waals surface area contributed by atoms with Crippen LogP contribution in [-0.2, 0) is 6.42 Å². The minimum Gasteiger partial charge on any atom is -0.504 e. The number of hydrogen-bond acceptors (Lipinski definition) is 7. The lowest BCUT2D eigenvalue weighted by Gasteiger charge is -2.14. The number of nitrogens with one attached hydrogen (secondary N) is 1. The van der Waals surface area contributed by atoms with E-state index in [0.29, 0.717) is 27.8 Å². The Morgan fingerprint density at radius 1 is 1.03 bits per heavy atom. The Balaban J connectivity index is 1.50. The third kappa shape index (κ3) is 4.92. The normalized spacial score (nSPS) is 12.4. The fraction of sp³-hybridized carbons (Fsp3) is 0.143. The minimum absolute atomic E-state index is 0.0947. The summed E-state index contributed by atoms with van der Waals surface area (Å²) >= 11 is 0. The predicted molar refractivity (Wildman–Crippen MR) is 144 cm³/mol. The van der Waals surface area contributed by atoms with Crippen LogP contribution in [0.2, 0.25) is 0 Å². The summed E-state index contributed by atoms with van der Waals surface area (Å²) in [6.07, 6.45) is 3.04. The van der Waals surface area contributed by atoms with Crippen molar-refractivity contribution >= 4 is 40.1 Å². The standard InChI is InChI=1S/C28H26N6O3/c1-17(11-12-18-7-3-2-4-8-18)31-28(37)24-25-27(33-21-10-6-5-9-20(21)32-25)34(26(24)29)30-16-19-13-14-22(35)23(36)15-19/h2-10,13-17,35-36H,11-12,29H2,1H3,(H,31,37)/t17-/m1/s1. The number of nitrogens with zero attached hydrogens (tertiary/aromatic N) is 4. The van der Waals surface area contributed by atoms with Crippen molar-refractivity contribution in [2.45, 2.75) is 25.8 Å². The second-order valence-electron chi connectivity index (χ2n) is 8.85. The first-order valence-corrected chi connectivity index (χ1v) is 11.9. The van der Waals surface area contributed by atoms with Gasteiger partial charge in [0, 0.05) is 6.04 Å². The van der Waals surface area contributed by atoms with Gasteiger partial charge in [0.15, 0.2) is 17.1 Å². The fourth-order valence-electron chi connectivity index (χ4n) is 4.13. The van der Waals surface area contributed by atoms with E-state index in [1.165, 1.54) is 28.6 Å². The van der Waals surface area contributed by atoms with E-state index in [0.717, 1.165) is 12.8 Å². The molecule has 0 fully saturated rings. The van der Waals surface area contributed by atoms with E-state index in [2.05, 4.69) is 27.5 Å². The van der Waals surface area contributed by atoms with Crippen molar-refractivity contribution in [1.82, 2.24) is 20.0 Å². The number of aromatic nitrogens is 3. The van der Waals surface area contributed by atoms with Gasteiger partial charge >= 0.3 is 0 Å². The van der Waals surface area contributed by atoms with Gasteiger partial charge in [-0.05, 0) is 61.2 Å². The topological polar surface area (TPSA) is 139 Å². The highest BCUT2D eigenvalue weighted by Crippen LogP contribution is 2.28. The number of nitrogen functional groups attached to an aromatic ring is 1. The van der Waals surface area contributed by atoms with E-state index in [1.807, 2.05) is 49.4 Å². The number of anilines is 1. The van der Waals surface area contributed by atoms with Crippen molar-refractivity contribution in [2.24, 2.45) is 5.10 Å². The molecule has 5 rings (SSSR count). The Morgan fingerprint density at radius 2 is 1.73 bits per heavy atom. The molecule has 0 saturated carbocycles. The summed E-state index contributed by atoms with van der Waals surface area (Å²) in [4.78, 5) is 22.8. The summed E-state index contributed by atoms with van der Waals surface area (Å²) in [5, 5.41) is 26.8. The van der Waals surface area contributed by atoms with Gasteiger partial charge < -0.3 is 21.3 Å². The number of phenolic OH excluding ortho intramolecular Hbond substituents is 2. The molecule has 1 atom stereocenters. The van der Waals surface area contributed by atoms with Gasteiger partial charge in [0.2, 0.25) is 0 Å². The quantitative estimate of drug-likeness (QED) is 0.197. The number of fused-ring (bicyclic) bond motifs is 2. The molecule has 0 saturated heterocycles. The van der Waals surface area contributed by atoms with Crippen LogP contribution in [0.4, 0.5) is 5.82 Å². The van der Waals surface area contributed by atoms with E-state index in [-0.39, 0.29) is 34.8 Å². The number of hydrogen-bond donors (Lipinski definition) is 4. The zero-order valence-electron chi connectivity index (χ0n) is 20.2. The SMILES string of the molecule is C[C@H](CCc1ccccc1)NC(=O)c1c(N)n(N=Cc2ccc(O)c(O)c2)c2nc3ccccc3nc12. The van der Waals surface area contributed by atoms with Crippen molar-refractivity contribution in [3.05, 3.63) is 89.5 Å². The molecule has 0 aliphatic rings. The van der Waals surface area contributed by atoms with Crippen LogP contribution in [-0.4, -0.2) is 43.0 Å². The Hall–Kier alpha value is -4.92. The summed E-state index contributed by atoms with van der Waals surface area (Å²) in [5.74, 6) is -0.772. The molecule has 0 aliphatic carbocycles. The fourth-order valence-corrected chi connectivity index (χ4v) is 4.13. The Kier molecular flexibility index (Phi) is 6.42. The maximum Gasteiger partial charge on any atom is 0.257 e. The van der Waals surface area contributed by atoms with Gasteiger partial charge in [-0.3, -0.25) is 4.79 Å². The summed E-state index contributed by atoms with van der Waals surface area (Å²) in [5.41, 5.74) is 10.3. The van der Waals surface area contributed by atoms with Crippen molar-refractivity contribution in [3.63, 3.8) is 0 Å². The third-order valence-corrected chi connectivity index (χ3v) is 6.11. The van der Waals surface area contributed by atoms with Crippen LogP contribution in [0.3, 0.4) is 0 Å². The smallest absolute Gasteiger partial charge is 0.257 e. The van der Waals surface area contributed by atoms with Crippen molar-refractivity contribution in [1.29, 1.82) is 0 Å². The average Bonchev–Trinajstić information content (AvgIpc) is 3.17. The van der Waals surface area contributed by atoms with E-state index in [9.17, 15) is 15.0 Å². The number of aromatic hydroxyl groups is 2. The molecule has 0 bridgehead atoms. The molecule has 1 amide bonds. The number of carbonyl (C=O) groups excluding carboxylic acids is 1.